The van der Waals surface area contributed by atoms with Gasteiger partial charge in [0, 0.05) is 18.0 Å². The summed E-state index contributed by atoms with van der Waals surface area (Å²) >= 11 is 9.39. The minimum atomic E-state index is -0.267. The van der Waals surface area contributed by atoms with Gasteiger partial charge in [-0.25, -0.2) is 0 Å². The van der Waals surface area contributed by atoms with Crippen molar-refractivity contribution in [1.82, 2.24) is 0 Å². The summed E-state index contributed by atoms with van der Waals surface area (Å²) in [7, 11) is 1.58. The summed E-state index contributed by atoms with van der Waals surface area (Å²) < 4.78 is 11.9. The highest BCUT2D eigenvalue weighted by atomic mass is 79.9. The summed E-state index contributed by atoms with van der Waals surface area (Å²) in [5, 5.41) is 10.8. The molecule has 1 aliphatic rings. The molecule has 2 aromatic carbocycles. The van der Waals surface area contributed by atoms with Gasteiger partial charge in [-0.2, -0.15) is 0 Å². The zero-order valence-corrected chi connectivity index (χ0v) is 17.5. The highest BCUT2D eigenvalue weighted by molar-refractivity contribution is 9.10. The first-order chi connectivity index (χ1) is 12.9. The van der Waals surface area contributed by atoms with Crippen molar-refractivity contribution >= 4 is 44.8 Å². The maximum absolute atomic E-state index is 12.4. The predicted molar refractivity (Wildman–Crippen MR) is 110 cm³/mol. The van der Waals surface area contributed by atoms with E-state index in [2.05, 4.69) is 15.9 Å². The molecule has 0 aliphatic heterocycles. The number of ether oxygens (including phenoxy) is 2. The first-order valence-electron chi connectivity index (χ1n) is 8.74. The molecule has 1 aliphatic carbocycles. The number of carbonyl (C=O) groups is 1. The smallest absolute Gasteiger partial charge is 0.228 e. The van der Waals surface area contributed by atoms with Crippen molar-refractivity contribution < 1.29 is 19.4 Å². The van der Waals surface area contributed by atoms with Crippen LogP contribution < -0.4 is 14.4 Å². The number of phenols is 1. The van der Waals surface area contributed by atoms with Crippen molar-refractivity contribution in [1.29, 1.82) is 0 Å². The number of hydrogen-bond donors (Lipinski definition) is 1. The van der Waals surface area contributed by atoms with Crippen LogP contribution in [0.25, 0.3) is 0 Å². The second-order valence-electron chi connectivity index (χ2n) is 6.47. The fourth-order valence-corrected chi connectivity index (χ4v) is 4.09. The lowest BCUT2D eigenvalue weighted by Gasteiger charge is -2.25. The number of carbonyl (C=O) groups excluding carboxylic acids is 1. The summed E-state index contributed by atoms with van der Waals surface area (Å²) in [5.41, 5.74) is 0.847. The molecule has 0 unspecified atom stereocenters. The van der Waals surface area contributed by atoms with E-state index in [1.54, 1.807) is 37.4 Å². The molecule has 5 nitrogen and oxygen atoms in total. The molecule has 144 valence electrons. The quantitative estimate of drug-likeness (QED) is 0.618. The third kappa shape index (κ3) is 4.33. The Bertz CT molecular complexity index is 852. The summed E-state index contributed by atoms with van der Waals surface area (Å²) in [5.74, 6) is 0.847. The molecule has 1 amide bonds. The number of halogens is 2. The molecule has 0 radical (unpaired) electrons. The lowest BCUT2D eigenvalue weighted by Crippen LogP contribution is -2.23. The number of amides is 1. The second kappa shape index (κ2) is 8.40. The number of benzene rings is 2. The van der Waals surface area contributed by atoms with E-state index in [1.807, 2.05) is 0 Å². The number of methoxy groups -OCH3 is 1. The van der Waals surface area contributed by atoms with Crippen LogP contribution in [0.5, 0.6) is 17.2 Å². The largest absolute Gasteiger partial charge is 0.505 e. The van der Waals surface area contributed by atoms with Crippen LogP contribution in [-0.2, 0) is 4.79 Å². The molecule has 7 heteroatoms. The van der Waals surface area contributed by atoms with Gasteiger partial charge in [-0.1, -0.05) is 11.6 Å². The Morgan fingerprint density at radius 1 is 1.22 bits per heavy atom. The van der Waals surface area contributed by atoms with E-state index in [1.165, 1.54) is 11.8 Å². The molecule has 0 atom stereocenters. The van der Waals surface area contributed by atoms with Crippen molar-refractivity contribution in [2.24, 2.45) is 0 Å². The topological polar surface area (TPSA) is 59.0 Å². The number of nitrogens with zero attached hydrogens (tertiary/aromatic N) is 1. The standard InChI is InChI=1S/C20H21BrClNO4/c1-12(24)23(17-10-13(22)9-16(21)20(17)25)14-7-8-18(26-2)19(11-14)27-15-5-3-4-6-15/h7-11,15,25H,3-6H2,1-2H3. The third-order valence-corrected chi connectivity index (χ3v) is 5.39. The van der Waals surface area contributed by atoms with E-state index in [-0.39, 0.29) is 17.8 Å². The minimum Gasteiger partial charge on any atom is -0.505 e. The van der Waals surface area contributed by atoms with Gasteiger partial charge in [0.15, 0.2) is 17.2 Å². The molecule has 0 aromatic heterocycles. The highest BCUT2D eigenvalue weighted by Crippen LogP contribution is 2.43. The van der Waals surface area contributed by atoms with E-state index >= 15 is 0 Å². The van der Waals surface area contributed by atoms with Gasteiger partial charge in [-0.05, 0) is 65.9 Å². The molecule has 1 saturated carbocycles. The average Bonchev–Trinajstić information content (AvgIpc) is 3.12. The first-order valence-corrected chi connectivity index (χ1v) is 9.91. The lowest BCUT2D eigenvalue weighted by molar-refractivity contribution is -0.115. The normalized spacial score (nSPS) is 14.2. The van der Waals surface area contributed by atoms with Crippen LogP contribution in [0, 0.1) is 0 Å². The Kier molecular flexibility index (Phi) is 6.17. The van der Waals surface area contributed by atoms with Gasteiger partial charge in [-0.15, -0.1) is 0 Å². The number of aromatic hydroxyl groups is 1. The zero-order chi connectivity index (χ0) is 19.6. The predicted octanol–water partition coefficient (Wildman–Crippen LogP) is 5.82. The van der Waals surface area contributed by atoms with Gasteiger partial charge in [-0.3, -0.25) is 9.69 Å². The molecule has 0 bridgehead atoms. The van der Waals surface area contributed by atoms with Gasteiger partial charge >= 0.3 is 0 Å². The summed E-state index contributed by atoms with van der Waals surface area (Å²) in [6, 6.07) is 8.38. The SMILES string of the molecule is COc1ccc(N(C(C)=O)c2cc(Cl)cc(Br)c2O)cc1OC1CCCC1. The fourth-order valence-electron chi connectivity index (χ4n) is 3.30. The molecule has 2 aromatic rings. The Morgan fingerprint density at radius 2 is 1.93 bits per heavy atom. The summed E-state index contributed by atoms with van der Waals surface area (Å²) in [6.07, 6.45) is 4.46. The van der Waals surface area contributed by atoms with Gasteiger partial charge in [0.25, 0.3) is 0 Å². The van der Waals surface area contributed by atoms with Gasteiger partial charge < -0.3 is 14.6 Å². The highest BCUT2D eigenvalue weighted by Gasteiger charge is 2.23. The van der Waals surface area contributed by atoms with Crippen LogP contribution in [0.3, 0.4) is 0 Å². The molecule has 1 fully saturated rings. The Balaban J connectivity index is 2.04. The molecular formula is C20H21BrClNO4. The molecule has 0 spiro atoms. The van der Waals surface area contributed by atoms with E-state index in [0.717, 1.165) is 25.7 Å². The van der Waals surface area contributed by atoms with Crippen LogP contribution in [0.4, 0.5) is 11.4 Å². The van der Waals surface area contributed by atoms with Crippen molar-refractivity contribution in [2.75, 3.05) is 12.0 Å². The molecular weight excluding hydrogens is 434 g/mol. The number of rotatable bonds is 5. The van der Waals surface area contributed by atoms with Crippen LogP contribution >= 0.6 is 27.5 Å². The maximum atomic E-state index is 12.4. The Hall–Kier alpha value is -1.92. The fraction of sp³-hybridized carbons (Fsp3) is 0.350. The maximum Gasteiger partial charge on any atom is 0.228 e. The van der Waals surface area contributed by atoms with Crippen molar-refractivity contribution in [3.8, 4) is 17.2 Å². The molecule has 1 N–H and O–H groups in total. The molecule has 0 saturated heterocycles. The summed E-state index contributed by atoms with van der Waals surface area (Å²) in [4.78, 5) is 13.8. The van der Waals surface area contributed by atoms with Gasteiger partial charge in [0.2, 0.25) is 5.91 Å². The zero-order valence-electron chi connectivity index (χ0n) is 15.2. The number of anilines is 2. The molecule has 3 rings (SSSR count). The van der Waals surface area contributed by atoms with Crippen LogP contribution in [-0.4, -0.2) is 24.2 Å². The lowest BCUT2D eigenvalue weighted by atomic mass is 10.2. The van der Waals surface area contributed by atoms with Crippen LogP contribution in [0.15, 0.2) is 34.8 Å². The Morgan fingerprint density at radius 3 is 2.56 bits per heavy atom. The van der Waals surface area contributed by atoms with E-state index < -0.39 is 0 Å². The monoisotopic (exact) mass is 453 g/mol. The third-order valence-electron chi connectivity index (χ3n) is 4.57. The van der Waals surface area contributed by atoms with Crippen molar-refractivity contribution in [3.05, 3.63) is 39.8 Å². The molecule has 27 heavy (non-hydrogen) atoms. The number of hydrogen-bond acceptors (Lipinski definition) is 4. The number of phenolic OH excluding ortho intramolecular Hbond substituents is 1. The van der Waals surface area contributed by atoms with E-state index in [0.29, 0.717) is 32.4 Å². The van der Waals surface area contributed by atoms with Crippen LogP contribution in [0.1, 0.15) is 32.6 Å². The van der Waals surface area contributed by atoms with E-state index in [9.17, 15) is 9.90 Å². The van der Waals surface area contributed by atoms with Crippen molar-refractivity contribution in [2.45, 2.75) is 38.7 Å². The van der Waals surface area contributed by atoms with Crippen LogP contribution in [0.2, 0.25) is 5.02 Å². The van der Waals surface area contributed by atoms with Gasteiger partial charge in [0.05, 0.1) is 29.1 Å². The first kappa shape index (κ1) is 19.8. The van der Waals surface area contributed by atoms with E-state index in [4.69, 9.17) is 21.1 Å². The Labute approximate surface area is 172 Å². The van der Waals surface area contributed by atoms with Gasteiger partial charge in [0.1, 0.15) is 0 Å². The van der Waals surface area contributed by atoms with Crippen molar-refractivity contribution in [3.63, 3.8) is 0 Å². The summed E-state index contributed by atoms with van der Waals surface area (Å²) in [6.45, 7) is 1.43. The minimum absolute atomic E-state index is 0.0660. The average molecular weight is 455 g/mol. The molecule has 0 heterocycles. The second-order valence-corrected chi connectivity index (χ2v) is 7.76.